The number of aliphatic imine (C=N–C) groups is 1. The molecule has 1 atom stereocenters. The fraction of sp³-hybridized carbons (Fsp3) is 0.632. The van der Waals surface area contributed by atoms with Gasteiger partial charge < -0.3 is 10.6 Å². The minimum Gasteiger partial charge on any atom is -0.357 e. The SMILES string of the molecule is CCNC(=NCCCN1CCc2ccccc2C1)NC1CCS(=O)(=O)C1. The van der Waals surface area contributed by atoms with Gasteiger partial charge in [0.05, 0.1) is 11.5 Å². The highest BCUT2D eigenvalue weighted by Gasteiger charge is 2.28. The molecule has 0 bridgehead atoms. The van der Waals surface area contributed by atoms with E-state index >= 15 is 0 Å². The van der Waals surface area contributed by atoms with Crippen molar-refractivity contribution < 1.29 is 8.42 Å². The lowest BCUT2D eigenvalue weighted by molar-refractivity contribution is 0.252. The number of guanidine groups is 1. The predicted octanol–water partition coefficient (Wildman–Crippen LogP) is 1.18. The van der Waals surface area contributed by atoms with Crippen molar-refractivity contribution in [2.75, 3.05) is 37.7 Å². The Morgan fingerprint density at radius 2 is 2.12 bits per heavy atom. The summed E-state index contributed by atoms with van der Waals surface area (Å²) in [5.41, 5.74) is 2.92. The molecule has 0 radical (unpaired) electrons. The summed E-state index contributed by atoms with van der Waals surface area (Å²) in [4.78, 5) is 7.11. The van der Waals surface area contributed by atoms with E-state index in [9.17, 15) is 8.42 Å². The van der Waals surface area contributed by atoms with Crippen molar-refractivity contribution in [2.45, 2.75) is 38.8 Å². The van der Waals surface area contributed by atoms with E-state index in [0.29, 0.717) is 6.42 Å². The Balaban J connectivity index is 1.44. The summed E-state index contributed by atoms with van der Waals surface area (Å²) < 4.78 is 23.2. The highest BCUT2D eigenvalue weighted by Crippen LogP contribution is 2.18. The van der Waals surface area contributed by atoms with Crippen LogP contribution in [0.2, 0.25) is 0 Å². The van der Waals surface area contributed by atoms with Gasteiger partial charge in [0.25, 0.3) is 0 Å². The molecule has 0 aliphatic carbocycles. The van der Waals surface area contributed by atoms with Crippen LogP contribution in [0, 0.1) is 0 Å². The maximum Gasteiger partial charge on any atom is 0.191 e. The zero-order valence-corrected chi connectivity index (χ0v) is 16.4. The molecule has 26 heavy (non-hydrogen) atoms. The fourth-order valence-corrected chi connectivity index (χ4v) is 5.33. The first kappa shape index (κ1) is 19.2. The molecule has 6 nitrogen and oxygen atoms in total. The van der Waals surface area contributed by atoms with Crippen LogP contribution in [-0.4, -0.2) is 63.0 Å². The van der Waals surface area contributed by atoms with E-state index in [1.54, 1.807) is 0 Å². The van der Waals surface area contributed by atoms with Gasteiger partial charge in [-0.25, -0.2) is 8.42 Å². The summed E-state index contributed by atoms with van der Waals surface area (Å²) in [7, 11) is -2.87. The molecule has 0 aromatic heterocycles. The van der Waals surface area contributed by atoms with Crippen molar-refractivity contribution >= 4 is 15.8 Å². The van der Waals surface area contributed by atoms with Gasteiger partial charge in [0.15, 0.2) is 15.8 Å². The van der Waals surface area contributed by atoms with E-state index in [4.69, 9.17) is 0 Å². The van der Waals surface area contributed by atoms with Gasteiger partial charge in [0, 0.05) is 38.8 Å². The number of hydrogen-bond acceptors (Lipinski definition) is 4. The van der Waals surface area contributed by atoms with Gasteiger partial charge in [-0.1, -0.05) is 24.3 Å². The second kappa shape index (κ2) is 8.86. The molecule has 144 valence electrons. The van der Waals surface area contributed by atoms with Crippen LogP contribution in [0.25, 0.3) is 0 Å². The molecule has 0 saturated carbocycles. The Morgan fingerprint density at radius 1 is 1.31 bits per heavy atom. The smallest absolute Gasteiger partial charge is 0.191 e. The summed E-state index contributed by atoms with van der Waals surface area (Å²) in [6.45, 7) is 6.71. The van der Waals surface area contributed by atoms with Gasteiger partial charge in [-0.3, -0.25) is 9.89 Å². The summed E-state index contributed by atoms with van der Waals surface area (Å²) >= 11 is 0. The largest absolute Gasteiger partial charge is 0.357 e. The van der Waals surface area contributed by atoms with Crippen LogP contribution < -0.4 is 10.6 Å². The third-order valence-electron chi connectivity index (χ3n) is 5.03. The molecule has 1 unspecified atom stereocenters. The molecule has 7 heteroatoms. The maximum absolute atomic E-state index is 11.6. The molecule has 0 spiro atoms. The molecule has 1 aromatic carbocycles. The minimum absolute atomic E-state index is 0.0172. The quantitative estimate of drug-likeness (QED) is 0.442. The zero-order chi connectivity index (χ0) is 18.4. The number of sulfone groups is 1. The Labute approximate surface area is 157 Å². The molecular formula is C19H30N4O2S. The van der Waals surface area contributed by atoms with Crippen molar-refractivity contribution in [3.05, 3.63) is 35.4 Å². The normalized spacial score (nSPS) is 22.8. The first-order valence-electron chi connectivity index (χ1n) is 9.60. The predicted molar refractivity (Wildman–Crippen MR) is 106 cm³/mol. The molecule has 2 N–H and O–H groups in total. The van der Waals surface area contributed by atoms with Crippen molar-refractivity contribution in [3.8, 4) is 0 Å². The van der Waals surface area contributed by atoms with Crippen molar-refractivity contribution in [1.82, 2.24) is 15.5 Å². The van der Waals surface area contributed by atoms with Crippen molar-refractivity contribution in [3.63, 3.8) is 0 Å². The number of fused-ring (bicyclic) bond motifs is 1. The number of nitrogens with zero attached hydrogens (tertiary/aromatic N) is 2. The number of rotatable bonds is 6. The molecule has 1 fully saturated rings. The van der Waals surface area contributed by atoms with Gasteiger partial charge in [-0.15, -0.1) is 0 Å². The van der Waals surface area contributed by atoms with Crippen LogP contribution in [0.4, 0.5) is 0 Å². The average Bonchev–Trinajstić information content (AvgIpc) is 2.97. The lowest BCUT2D eigenvalue weighted by Crippen LogP contribution is -2.44. The van der Waals surface area contributed by atoms with Crippen LogP contribution in [0.1, 0.15) is 30.9 Å². The van der Waals surface area contributed by atoms with Gasteiger partial charge in [-0.2, -0.15) is 0 Å². The molecule has 2 aliphatic rings. The van der Waals surface area contributed by atoms with Crippen LogP contribution in [-0.2, 0) is 22.8 Å². The fourth-order valence-electron chi connectivity index (χ4n) is 3.65. The van der Waals surface area contributed by atoms with Crippen LogP contribution in [0.5, 0.6) is 0 Å². The Kier molecular flexibility index (Phi) is 6.53. The van der Waals surface area contributed by atoms with Crippen molar-refractivity contribution in [1.29, 1.82) is 0 Å². The van der Waals surface area contributed by atoms with Crippen LogP contribution in [0.15, 0.2) is 29.3 Å². The maximum atomic E-state index is 11.6. The van der Waals surface area contributed by atoms with Crippen LogP contribution >= 0.6 is 0 Å². The summed E-state index contributed by atoms with van der Waals surface area (Å²) in [6, 6.07) is 8.67. The molecule has 1 aromatic rings. The standard InChI is InChI=1S/C19H30N4O2S/c1-2-20-19(22-18-9-13-26(24,25)15-18)21-10-5-11-23-12-8-16-6-3-4-7-17(16)14-23/h3-4,6-7,18H,2,5,8-15H2,1H3,(H2,20,21,22). The number of nitrogens with one attached hydrogen (secondary N) is 2. The van der Waals surface area contributed by atoms with Crippen molar-refractivity contribution in [2.24, 2.45) is 4.99 Å². The zero-order valence-electron chi connectivity index (χ0n) is 15.6. The second-order valence-electron chi connectivity index (χ2n) is 7.15. The topological polar surface area (TPSA) is 73.8 Å². The van der Waals surface area contributed by atoms with Crippen LogP contribution in [0.3, 0.4) is 0 Å². The highest BCUT2D eigenvalue weighted by molar-refractivity contribution is 7.91. The molecule has 0 amide bonds. The van der Waals surface area contributed by atoms with Gasteiger partial charge in [0.2, 0.25) is 0 Å². The third-order valence-corrected chi connectivity index (χ3v) is 6.80. The van der Waals surface area contributed by atoms with E-state index in [1.807, 2.05) is 6.92 Å². The Hall–Kier alpha value is -1.60. The minimum atomic E-state index is -2.87. The van der Waals surface area contributed by atoms with Gasteiger partial charge in [-0.05, 0) is 37.3 Å². The lowest BCUT2D eigenvalue weighted by Gasteiger charge is -2.28. The molecule has 1 saturated heterocycles. The monoisotopic (exact) mass is 378 g/mol. The lowest BCUT2D eigenvalue weighted by atomic mass is 10.00. The van der Waals surface area contributed by atoms with E-state index < -0.39 is 9.84 Å². The third kappa shape index (κ3) is 5.45. The molecule has 2 heterocycles. The van der Waals surface area contributed by atoms with E-state index in [1.165, 1.54) is 11.1 Å². The van der Waals surface area contributed by atoms with Gasteiger partial charge in [0.1, 0.15) is 0 Å². The highest BCUT2D eigenvalue weighted by atomic mass is 32.2. The number of benzene rings is 1. The second-order valence-corrected chi connectivity index (χ2v) is 9.38. The van der Waals surface area contributed by atoms with E-state index in [-0.39, 0.29) is 17.5 Å². The van der Waals surface area contributed by atoms with E-state index in [0.717, 1.165) is 51.5 Å². The molecule has 3 rings (SSSR count). The molecular weight excluding hydrogens is 348 g/mol. The summed E-state index contributed by atoms with van der Waals surface area (Å²) in [5, 5.41) is 6.49. The summed E-state index contributed by atoms with van der Waals surface area (Å²) in [6.07, 6.45) is 2.79. The molecule has 2 aliphatic heterocycles. The average molecular weight is 379 g/mol. The first-order valence-corrected chi connectivity index (χ1v) is 11.4. The number of hydrogen-bond donors (Lipinski definition) is 2. The van der Waals surface area contributed by atoms with Gasteiger partial charge >= 0.3 is 0 Å². The Bertz CT molecular complexity index is 733. The first-order chi connectivity index (χ1) is 12.6. The summed E-state index contributed by atoms with van der Waals surface area (Å²) in [5.74, 6) is 1.23. The Morgan fingerprint density at radius 3 is 2.85 bits per heavy atom. The van der Waals surface area contributed by atoms with E-state index in [2.05, 4.69) is 44.8 Å².